The first-order valence-electron chi connectivity index (χ1n) is 45.5. The van der Waals surface area contributed by atoms with E-state index >= 15 is 0 Å². The first-order chi connectivity index (χ1) is 61.9. The Morgan fingerprint density at radius 3 is 1.15 bits per heavy atom. The van der Waals surface area contributed by atoms with Gasteiger partial charge in [0, 0.05) is 39.3 Å². The number of amides is 22. The third kappa shape index (κ3) is 36.1. The molecule has 24 N–H and O–H groups in total. The summed E-state index contributed by atoms with van der Waals surface area (Å²) in [5.41, 5.74) is -7.01. The Hall–Kier alpha value is -12.2. The predicted octanol–water partition coefficient (Wildman–Crippen LogP) is -4.40. The van der Waals surface area contributed by atoms with E-state index in [1.807, 2.05) is 13.8 Å². The maximum atomic E-state index is 14.5. The van der Waals surface area contributed by atoms with Gasteiger partial charge in [-0.3, -0.25) is 110 Å². The molecule has 22 amide bonds. The van der Waals surface area contributed by atoms with Gasteiger partial charge in [0.05, 0.1) is 19.2 Å². The number of rotatable bonds is 52. The molecule has 0 aromatic carbocycles. The molecular formula is C89H152N22O25. The van der Waals surface area contributed by atoms with Gasteiger partial charge in [-0.1, -0.05) is 48.0 Å². The van der Waals surface area contributed by atoms with E-state index in [0.717, 1.165) is 0 Å². The SMILES string of the molecule is CCC(C)C(NC(=O)C(C)(C)NC(=O)C(CCC(N)=O)NC(=O)C(C)(C)NC(=O)C(C)(C)NC(=O)C(C)NC(=O)C(C)(C)NC(=O)C1CCCN1C(=O)C(C)(C)NC(C)=O)C(=O)NC(C)(C)C(=O)NCC(=O)NC(C)(C)C(=O)NC(C)(C)C(=O)N1CCCC1C(=O)NC(C(=O)NC(C)(C)C(=O)NC(C)(C)C(=O)NC(CCC(=O)O)C(=O)NC(CCC(N)=O)C(=O)NC(CO)CC(C)C)C(C)C. The lowest BCUT2D eigenvalue weighted by Gasteiger charge is -2.36. The van der Waals surface area contributed by atoms with Crippen molar-refractivity contribution in [1.29, 1.82) is 0 Å². The van der Waals surface area contributed by atoms with Gasteiger partial charge in [-0.25, -0.2) is 0 Å². The molecule has 2 aliphatic rings. The van der Waals surface area contributed by atoms with E-state index < -0.39 is 296 Å². The minimum atomic E-state index is -1.92. The normalized spacial score (nSPS) is 16.3. The fourth-order valence-corrected chi connectivity index (χ4v) is 14.3. The second kappa shape index (κ2) is 49.0. The number of nitrogens with zero attached hydrogens (tertiary/aromatic N) is 2. The van der Waals surface area contributed by atoms with Crippen LogP contribution in [0.4, 0.5) is 0 Å². The van der Waals surface area contributed by atoms with E-state index in [2.05, 4.69) is 95.7 Å². The summed E-state index contributed by atoms with van der Waals surface area (Å²) in [4.78, 5) is 315. The van der Waals surface area contributed by atoms with Gasteiger partial charge in [-0.15, -0.1) is 0 Å². The molecule has 136 heavy (non-hydrogen) atoms. The number of hydrogen-bond donors (Lipinski definition) is 22. The Morgan fingerprint density at radius 1 is 0.368 bits per heavy atom. The Labute approximate surface area is 794 Å². The van der Waals surface area contributed by atoms with Gasteiger partial charge in [0.15, 0.2) is 0 Å². The number of nitrogens with one attached hydrogen (secondary N) is 18. The summed E-state index contributed by atoms with van der Waals surface area (Å²) in [6, 6.07) is -11.7. The second-order valence-corrected chi connectivity index (χ2v) is 41.1. The molecule has 2 rings (SSSR count). The summed E-state index contributed by atoms with van der Waals surface area (Å²) < 4.78 is 0. The average Bonchev–Trinajstić information content (AvgIpc) is 1.60. The predicted molar refractivity (Wildman–Crippen MR) is 494 cm³/mol. The molecule has 2 aliphatic heterocycles. The zero-order valence-electron chi connectivity index (χ0n) is 84.1. The van der Waals surface area contributed by atoms with Gasteiger partial charge in [-0.05, 0) is 215 Å². The number of likely N-dealkylation sites (tertiary alicyclic amines) is 2. The third-order valence-electron chi connectivity index (χ3n) is 23.0. The number of aliphatic hydroxyl groups excluding tert-OH is 1. The highest BCUT2D eigenvalue weighted by atomic mass is 16.4. The zero-order valence-corrected chi connectivity index (χ0v) is 84.1. The van der Waals surface area contributed by atoms with Crippen molar-refractivity contribution in [3.05, 3.63) is 0 Å². The number of carbonyl (C=O) groups is 23. The van der Waals surface area contributed by atoms with Crippen LogP contribution in [-0.2, 0) is 110 Å². The lowest BCUT2D eigenvalue weighted by Crippen LogP contribution is -2.67. The van der Waals surface area contributed by atoms with Crippen molar-refractivity contribution in [3.63, 3.8) is 0 Å². The zero-order chi connectivity index (χ0) is 105. The summed E-state index contributed by atoms with van der Waals surface area (Å²) in [6.45, 7) is 38.1. The number of carboxylic acid groups (broad SMARTS) is 1. The van der Waals surface area contributed by atoms with Gasteiger partial charge < -0.3 is 127 Å². The van der Waals surface area contributed by atoms with Crippen LogP contribution in [0.5, 0.6) is 0 Å². The molecule has 0 saturated carbocycles. The quantitative estimate of drug-likeness (QED) is 0.0273. The van der Waals surface area contributed by atoms with Gasteiger partial charge in [0.1, 0.15) is 104 Å². The maximum Gasteiger partial charge on any atom is 0.303 e. The monoisotopic (exact) mass is 1930 g/mol. The molecule has 10 atom stereocenters. The van der Waals surface area contributed by atoms with Gasteiger partial charge in [0.25, 0.3) is 0 Å². The molecule has 10 unspecified atom stereocenters. The van der Waals surface area contributed by atoms with Crippen molar-refractivity contribution in [2.75, 3.05) is 26.2 Å². The highest BCUT2D eigenvalue weighted by molar-refractivity contribution is 6.05. The number of carbonyl (C=O) groups excluding carboxylic acids is 22. The number of hydrogen-bond acceptors (Lipinski definition) is 24. The molecule has 0 radical (unpaired) electrons. The van der Waals surface area contributed by atoms with Crippen molar-refractivity contribution in [2.24, 2.45) is 29.2 Å². The molecule has 47 nitrogen and oxygen atoms in total. The van der Waals surface area contributed by atoms with Crippen LogP contribution < -0.4 is 107 Å². The lowest BCUT2D eigenvalue weighted by atomic mass is 9.94. The summed E-state index contributed by atoms with van der Waals surface area (Å²) in [6.07, 6.45) is -0.993. The Kier molecular flexibility index (Phi) is 43.2. The molecule has 0 aromatic heterocycles. The number of aliphatic hydroxyl groups is 1. The van der Waals surface area contributed by atoms with Gasteiger partial charge in [-0.2, -0.15) is 0 Å². The van der Waals surface area contributed by atoms with Crippen molar-refractivity contribution in [2.45, 2.75) is 381 Å². The number of nitrogens with two attached hydrogens (primary N) is 2. The van der Waals surface area contributed by atoms with Crippen LogP contribution in [-0.4, -0.2) is 292 Å². The van der Waals surface area contributed by atoms with Crippen LogP contribution in [0.2, 0.25) is 0 Å². The van der Waals surface area contributed by atoms with Crippen LogP contribution in [0, 0.1) is 17.8 Å². The van der Waals surface area contributed by atoms with Gasteiger partial charge >= 0.3 is 5.97 Å². The van der Waals surface area contributed by atoms with E-state index in [4.69, 9.17) is 11.5 Å². The smallest absolute Gasteiger partial charge is 0.303 e. The first-order valence-corrected chi connectivity index (χ1v) is 45.5. The molecule has 0 spiro atoms. The Bertz CT molecular complexity index is 4480. The Morgan fingerprint density at radius 2 is 0.721 bits per heavy atom. The van der Waals surface area contributed by atoms with Crippen LogP contribution in [0.1, 0.15) is 271 Å². The minimum Gasteiger partial charge on any atom is -0.481 e. The molecule has 768 valence electrons. The number of carboxylic acids is 1. The largest absolute Gasteiger partial charge is 0.481 e. The summed E-state index contributed by atoms with van der Waals surface area (Å²) in [5, 5.41) is 65.1. The molecule has 0 aliphatic carbocycles. The van der Waals surface area contributed by atoms with E-state index in [0.29, 0.717) is 19.3 Å². The van der Waals surface area contributed by atoms with E-state index in [-0.39, 0.29) is 51.1 Å². The molecule has 2 fully saturated rings. The highest BCUT2D eigenvalue weighted by Gasteiger charge is 2.50. The molecule has 47 heteroatoms. The van der Waals surface area contributed by atoms with Crippen LogP contribution in [0.25, 0.3) is 0 Å². The topological polar surface area (TPSA) is 708 Å². The highest BCUT2D eigenvalue weighted by Crippen LogP contribution is 2.27. The summed E-state index contributed by atoms with van der Waals surface area (Å²) in [5.74, 6) is -21.4. The Balaban J connectivity index is 2.16. The molecular weight excluding hydrogens is 1780 g/mol. The fraction of sp³-hybridized carbons (Fsp3) is 0.742. The van der Waals surface area contributed by atoms with Crippen LogP contribution >= 0.6 is 0 Å². The van der Waals surface area contributed by atoms with Crippen molar-refractivity contribution < 1.29 is 120 Å². The molecule has 0 bridgehead atoms. The standard InChI is InChI=1S/C89H152N22O25/c1-29-47(6)61(99-74(131)82(13,14)103-65(122)53(35-38-57(91)115)97-73(130)84(17,18)107-76(133)86(21,22)102-62(119)48(7)93-71(128)81(11,12)104-67(124)55-33-31-41-111(55)78(135)88(25,26)100-49(8)113)69(126)106-80(9,10)70(127)92-43-58(116)101-85(19,20)75(132)109-89(27,28)79(136)110-40-30-32-54(110)66(123)98-60(46(4)5)68(125)105-87(23,24)77(134)108-83(15,16)72(129)96-52(36-39-59(117)118)64(121)95-51(34-37-56(90)114)63(120)94-50(44-112)42-45(2)3/h45-48,50-55,60-61,112H,29-44H2,1-28H3,(H2,90,114)(H2,91,115)(H,92,127)(H,93,128)(H,94,120)(H,95,121)(H,96,129)(H,97,130)(H,98,123)(H,99,131)(H,100,113)(H,101,116)(H,102,119)(H,103,122)(H,104,124)(H,105,125)(H,106,126)(H,107,133)(H,108,134)(H,109,132)(H,117,118). The second-order valence-electron chi connectivity index (χ2n) is 41.1. The first kappa shape index (κ1) is 120. The van der Waals surface area contributed by atoms with Crippen LogP contribution in [0.15, 0.2) is 0 Å². The lowest BCUT2D eigenvalue weighted by molar-refractivity contribution is -0.146. The minimum absolute atomic E-state index is 0.0196. The third-order valence-corrected chi connectivity index (χ3v) is 23.0. The van der Waals surface area contributed by atoms with Crippen molar-refractivity contribution >= 4 is 136 Å². The van der Waals surface area contributed by atoms with Crippen LogP contribution in [0.3, 0.4) is 0 Å². The number of aliphatic carboxylic acids is 1. The average molecular weight is 1930 g/mol. The van der Waals surface area contributed by atoms with E-state index in [1.54, 1.807) is 27.7 Å². The molecule has 2 heterocycles. The fourth-order valence-electron chi connectivity index (χ4n) is 14.3. The van der Waals surface area contributed by atoms with Crippen molar-refractivity contribution in [3.8, 4) is 0 Å². The van der Waals surface area contributed by atoms with E-state index in [1.165, 1.54) is 162 Å². The van der Waals surface area contributed by atoms with Gasteiger partial charge in [0.2, 0.25) is 130 Å². The molecule has 0 aromatic rings. The maximum absolute atomic E-state index is 14.5. The van der Waals surface area contributed by atoms with E-state index in [9.17, 15) is 120 Å². The summed E-state index contributed by atoms with van der Waals surface area (Å²) >= 11 is 0. The number of primary amides is 2. The summed E-state index contributed by atoms with van der Waals surface area (Å²) in [7, 11) is 0. The molecule has 2 saturated heterocycles. The van der Waals surface area contributed by atoms with Crippen molar-refractivity contribution in [1.82, 2.24) is 106 Å².